The summed E-state index contributed by atoms with van der Waals surface area (Å²) in [7, 11) is 0. The molecule has 0 spiro atoms. The molecule has 1 aromatic heterocycles. The molecule has 3 rings (SSSR count). The number of aliphatic imine (C=N–C) groups is 1. The van der Waals surface area contributed by atoms with Gasteiger partial charge < -0.3 is 15.5 Å². The van der Waals surface area contributed by atoms with Gasteiger partial charge in [0.1, 0.15) is 11.6 Å². The first-order valence-electron chi connectivity index (χ1n) is 10.5. The van der Waals surface area contributed by atoms with Crippen LogP contribution in [-0.2, 0) is 12.0 Å². The van der Waals surface area contributed by atoms with Gasteiger partial charge in [-0.25, -0.2) is 14.4 Å². The van der Waals surface area contributed by atoms with Crippen molar-refractivity contribution in [3.63, 3.8) is 0 Å². The molecule has 0 atom stereocenters. The van der Waals surface area contributed by atoms with Crippen LogP contribution in [0.15, 0.2) is 47.6 Å². The number of pyridine rings is 1. The van der Waals surface area contributed by atoms with E-state index >= 15 is 0 Å². The van der Waals surface area contributed by atoms with Crippen molar-refractivity contribution >= 4 is 35.8 Å². The van der Waals surface area contributed by atoms with Gasteiger partial charge in [-0.3, -0.25) is 0 Å². The van der Waals surface area contributed by atoms with E-state index in [9.17, 15) is 4.39 Å². The minimum Gasteiger partial charge on any atom is -0.357 e. The van der Waals surface area contributed by atoms with Gasteiger partial charge in [-0.2, -0.15) is 0 Å². The van der Waals surface area contributed by atoms with Crippen molar-refractivity contribution in [2.75, 3.05) is 31.1 Å². The van der Waals surface area contributed by atoms with Gasteiger partial charge in [0.25, 0.3) is 0 Å². The molecule has 1 aliphatic heterocycles. The predicted molar refractivity (Wildman–Crippen MR) is 133 cm³/mol. The van der Waals surface area contributed by atoms with Crippen molar-refractivity contribution in [3.05, 3.63) is 59.5 Å². The fraction of sp³-hybridized carbons (Fsp3) is 0.478. The minimum atomic E-state index is -0.225. The lowest BCUT2D eigenvalue weighted by Crippen LogP contribution is -2.43. The van der Waals surface area contributed by atoms with Crippen molar-refractivity contribution in [3.8, 4) is 0 Å². The smallest absolute Gasteiger partial charge is 0.191 e. The fourth-order valence-corrected chi connectivity index (χ4v) is 3.47. The molecule has 7 heteroatoms. The number of hydrogen-bond acceptors (Lipinski definition) is 3. The highest BCUT2D eigenvalue weighted by Gasteiger charge is 2.21. The maximum Gasteiger partial charge on any atom is 0.191 e. The zero-order valence-electron chi connectivity index (χ0n) is 18.1. The SMILES string of the molecule is CCNC(=NCc1ccc(N2CCCC2)nc1)NCC(C)(C)c1cccc(F)c1.I. The van der Waals surface area contributed by atoms with Gasteiger partial charge in [-0.15, -0.1) is 24.0 Å². The van der Waals surface area contributed by atoms with Crippen LogP contribution in [0.2, 0.25) is 0 Å². The first kappa shape index (κ1) is 24.4. The van der Waals surface area contributed by atoms with Gasteiger partial charge in [-0.1, -0.05) is 32.0 Å². The summed E-state index contributed by atoms with van der Waals surface area (Å²) < 4.78 is 13.6. The lowest BCUT2D eigenvalue weighted by atomic mass is 9.84. The van der Waals surface area contributed by atoms with Crippen LogP contribution in [0.5, 0.6) is 0 Å². The minimum absolute atomic E-state index is 0. The van der Waals surface area contributed by atoms with Crippen LogP contribution in [0.25, 0.3) is 0 Å². The monoisotopic (exact) mass is 525 g/mol. The Bertz CT molecular complexity index is 817. The van der Waals surface area contributed by atoms with Crippen LogP contribution >= 0.6 is 24.0 Å². The van der Waals surface area contributed by atoms with Crippen LogP contribution in [0.1, 0.15) is 44.7 Å². The maximum atomic E-state index is 13.6. The zero-order chi connectivity index (χ0) is 20.7. The molecule has 0 unspecified atom stereocenters. The second-order valence-electron chi connectivity index (χ2n) is 8.16. The summed E-state index contributed by atoms with van der Waals surface area (Å²) in [6.45, 7) is 10.4. The Kier molecular flexibility index (Phi) is 9.33. The zero-order valence-corrected chi connectivity index (χ0v) is 20.4. The van der Waals surface area contributed by atoms with E-state index in [1.807, 2.05) is 19.2 Å². The van der Waals surface area contributed by atoms with Crippen molar-refractivity contribution in [1.29, 1.82) is 0 Å². The van der Waals surface area contributed by atoms with Crippen molar-refractivity contribution in [2.24, 2.45) is 4.99 Å². The number of benzene rings is 1. The first-order valence-corrected chi connectivity index (χ1v) is 10.5. The third-order valence-electron chi connectivity index (χ3n) is 5.31. The third kappa shape index (κ3) is 6.82. The molecule has 164 valence electrons. The molecule has 0 aliphatic carbocycles. The Morgan fingerprint density at radius 3 is 2.57 bits per heavy atom. The predicted octanol–water partition coefficient (Wildman–Crippen LogP) is 4.47. The second kappa shape index (κ2) is 11.5. The Hall–Kier alpha value is -1.90. The van der Waals surface area contributed by atoms with Crippen molar-refractivity contribution in [1.82, 2.24) is 15.6 Å². The van der Waals surface area contributed by atoms with Crippen LogP contribution in [0.3, 0.4) is 0 Å². The fourth-order valence-electron chi connectivity index (χ4n) is 3.47. The Balaban J connectivity index is 0.00000320. The molecule has 5 nitrogen and oxygen atoms in total. The molecular formula is C23H33FIN5. The number of nitrogens with one attached hydrogen (secondary N) is 2. The highest BCUT2D eigenvalue weighted by atomic mass is 127. The lowest BCUT2D eigenvalue weighted by molar-refractivity contribution is 0.503. The average molecular weight is 525 g/mol. The van der Waals surface area contributed by atoms with Crippen molar-refractivity contribution in [2.45, 2.75) is 45.6 Å². The summed E-state index contributed by atoms with van der Waals surface area (Å²) in [5.74, 6) is 1.60. The van der Waals surface area contributed by atoms with Crippen LogP contribution in [0, 0.1) is 5.82 Å². The first-order chi connectivity index (χ1) is 14.0. The molecule has 0 radical (unpaired) electrons. The van der Waals surface area contributed by atoms with Crippen LogP contribution in [-0.4, -0.2) is 37.1 Å². The summed E-state index contributed by atoms with van der Waals surface area (Å²) in [6, 6.07) is 11.0. The molecule has 1 aliphatic rings. The van der Waals surface area contributed by atoms with E-state index in [0.717, 1.165) is 42.5 Å². The van der Waals surface area contributed by atoms with Gasteiger partial charge in [0, 0.05) is 37.8 Å². The highest BCUT2D eigenvalue weighted by Crippen LogP contribution is 2.23. The molecule has 1 fully saturated rings. The number of nitrogens with zero attached hydrogens (tertiary/aromatic N) is 3. The number of aromatic nitrogens is 1. The van der Waals surface area contributed by atoms with E-state index < -0.39 is 0 Å². The van der Waals surface area contributed by atoms with E-state index in [0.29, 0.717) is 13.1 Å². The molecule has 1 saturated heterocycles. The Morgan fingerprint density at radius 2 is 1.93 bits per heavy atom. The summed E-state index contributed by atoms with van der Waals surface area (Å²) in [6.07, 6.45) is 4.41. The van der Waals surface area contributed by atoms with Gasteiger partial charge in [-0.05, 0) is 49.1 Å². The topological polar surface area (TPSA) is 52.6 Å². The van der Waals surface area contributed by atoms with Gasteiger partial charge in [0.05, 0.1) is 6.54 Å². The molecule has 2 heterocycles. The molecular weight excluding hydrogens is 492 g/mol. The van der Waals surface area contributed by atoms with E-state index in [1.165, 1.54) is 18.9 Å². The largest absolute Gasteiger partial charge is 0.357 e. The Labute approximate surface area is 196 Å². The number of anilines is 1. The number of guanidine groups is 1. The number of halogens is 2. The molecule has 0 saturated carbocycles. The number of hydrogen-bond donors (Lipinski definition) is 2. The standard InChI is InChI=1S/C23H32FN5.HI/c1-4-25-22(28-17-23(2,3)19-8-7-9-20(24)14-19)27-16-18-10-11-21(26-15-18)29-12-5-6-13-29;/h7-11,14-15H,4-6,12-13,16-17H2,1-3H3,(H2,25,27,28);1H. The van der Waals surface area contributed by atoms with E-state index in [-0.39, 0.29) is 35.2 Å². The van der Waals surface area contributed by atoms with E-state index in [4.69, 9.17) is 4.99 Å². The quantitative estimate of drug-likeness (QED) is 0.318. The summed E-state index contributed by atoms with van der Waals surface area (Å²) >= 11 is 0. The highest BCUT2D eigenvalue weighted by molar-refractivity contribution is 14.0. The molecule has 0 bridgehead atoms. The molecule has 1 aromatic carbocycles. The Morgan fingerprint density at radius 1 is 1.17 bits per heavy atom. The lowest BCUT2D eigenvalue weighted by Gasteiger charge is -2.27. The summed E-state index contributed by atoms with van der Waals surface area (Å²) in [4.78, 5) is 11.6. The summed E-state index contributed by atoms with van der Waals surface area (Å²) in [5.41, 5.74) is 1.81. The normalized spacial score (nSPS) is 14.4. The summed E-state index contributed by atoms with van der Waals surface area (Å²) in [5, 5.41) is 6.67. The van der Waals surface area contributed by atoms with Gasteiger partial charge in [0.15, 0.2) is 5.96 Å². The number of rotatable bonds is 7. The van der Waals surface area contributed by atoms with Gasteiger partial charge in [0.2, 0.25) is 0 Å². The van der Waals surface area contributed by atoms with Gasteiger partial charge >= 0.3 is 0 Å². The van der Waals surface area contributed by atoms with Crippen LogP contribution < -0.4 is 15.5 Å². The van der Waals surface area contributed by atoms with Crippen LogP contribution in [0.4, 0.5) is 10.2 Å². The third-order valence-corrected chi connectivity index (χ3v) is 5.31. The molecule has 2 aromatic rings. The van der Waals surface area contributed by atoms with E-state index in [2.05, 4.69) is 46.5 Å². The molecule has 30 heavy (non-hydrogen) atoms. The molecule has 2 N–H and O–H groups in total. The van der Waals surface area contributed by atoms with Crippen molar-refractivity contribution < 1.29 is 4.39 Å². The van der Waals surface area contributed by atoms with E-state index in [1.54, 1.807) is 12.1 Å². The molecule has 0 amide bonds. The second-order valence-corrected chi connectivity index (χ2v) is 8.16. The maximum absolute atomic E-state index is 13.6. The average Bonchev–Trinajstić information content (AvgIpc) is 3.25.